The highest BCUT2D eigenvalue weighted by atomic mass is 19.1. The highest BCUT2D eigenvalue weighted by molar-refractivity contribution is 5.98. The van der Waals surface area contributed by atoms with Crippen LogP contribution in [0.1, 0.15) is 32.6 Å². The van der Waals surface area contributed by atoms with Crippen LogP contribution in [-0.2, 0) is 0 Å². The van der Waals surface area contributed by atoms with Crippen LogP contribution in [0, 0.1) is 11.7 Å². The van der Waals surface area contributed by atoms with Crippen LogP contribution < -0.4 is 10.6 Å². The van der Waals surface area contributed by atoms with Gasteiger partial charge in [0.25, 0.3) is 0 Å². The van der Waals surface area contributed by atoms with Crippen molar-refractivity contribution in [1.29, 1.82) is 0 Å². The topological polar surface area (TPSA) is 42.1 Å². The Balaban J connectivity index is 2.03. The van der Waals surface area contributed by atoms with E-state index in [-0.39, 0.29) is 5.82 Å². The SMILES string of the molecule is CC1CCC(N(C)c2c(F)cc(N)c3cccnc23)CC1. The molecule has 4 heteroatoms. The number of hydrogen-bond acceptors (Lipinski definition) is 3. The lowest BCUT2D eigenvalue weighted by molar-refractivity contribution is 0.340. The molecule has 21 heavy (non-hydrogen) atoms. The van der Waals surface area contributed by atoms with Crippen molar-refractivity contribution in [2.75, 3.05) is 17.7 Å². The molecule has 0 radical (unpaired) electrons. The average molecular weight is 287 g/mol. The number of anilines is 2. The van der Waals surface area contributed by atoms with Crippen molar-refractivity contribution in [3.8, 4) is 0 Å². The van der Waals surface area contributed by atoms with E-state index >= 15 is 0 Å². The molecule has 0 aliphatic heterocycles. The monoisotopic (exact) mass is 287 g/mol. The Kier molecular flexibility index (Phi) is 3.70. The van der Waals surface area contributed by atoms with Crippen LogP contribution in [0.25, 0.3) is 10.9 Å². The largest absolute Gasteiger partial charge is 0.398 e. The number of aromatic nitrogens is 1. The van der Waals surface area contributed by atoms with Gasteiger partial charge in [-0.2, -0.15) is 0 Å². The summed E-state index contributed by atoms with van der Waals surface area (Å²) >= 11 is 0. The van der Waals surface area contributed by atoms with Crippen molar-refractivity contribution in [3.63, 3.8) is 0 Å². The number of nitrogens with two attached hydrogens (primary N) is 1. The molecule has 0 unspecified atom stereocenters. The highest BCUT2D eigenvalue weighted by Gasteiger charge is 2.25. The number of pyridine rings is 1. The van der Waals surface area contributed by atoms with Gasteiger partial charge in [-0.3, -0.25) is 4.98 Å². The Hall–Kier alpha value is -1.84. The smallest absolute Gasteiger partial charge is 0.150 e. The molecule has 0 bridgehead atoms. The van der Waals surface area contributed by atoms with Gasteiger partial charge in [-0.15, -0.1) is 0 Å². The molecular formula is C17H22FN3. The van der Waals surface area contributed by atoms with E-state index in [0.717, 1.165) is 24.1 Å². The number of benzene rings is 1. The van der Waals surface area contributed by atoms with Gasteiger partial charge in [0.2, 0.25) is 0 Å². The Morgan fingerprint density at radius 3 is 2.71 bits per heavy atom. The van der Waals surface area contributed by atoms with Crippen LogP contribution in [0.2, 0.25) is 0 Å². The van der Waals surface area contributed by atoms with Gasteiger partial charge in [-0.25, -0.2) is 4.39 Å². The van der Waals surface area contributed by atoms with Crippen molar-refractivity contribution in [3.05, 3.63) is 30.2 Å². The number of hydrogen-bond donors (Lipinski definition) is 1. The average Bonchev–Trinajstić information content (AvgIpc) is 2.48. The summed E-state index contributed by atoms with van der Waals surface area (Å²) in [7, 11) is 1.98. The van der Waals surface area contributed by atoms with Gasteiger partial charge in [0, 0.05) is 30.4 Å². The fraction of sp³-hybridized carbons (Fsp3) is 0.471. The quantitative estimate of drug-likeness (QED) is 0.850. The third-order valence-electron chi connectivity index (χ3n) is 4.74. The van der Waals surface area contributed by atoms with Crippen molar-refractivity contribution in [1.82, 2.24) is 4.98 Å². The fourth-order valence-corrected chi connectivity index (χ4v) is 3.37. The maximum Gasteiger partial charge on any atom is 0.150 e. The van der Waals surface area contributed by atoms with Crippen LogP contribution in [0.15, 0.2) is 24.4 Å². The normalized spacial score (nSPS) is 22.4. The van der Waals surface area contributed by atoms with Crippen molar-refractivity contribution < 1.29 is 4.39 Å². The molecule has 1 aliphatic rings. The maximum absolute atomic E-state index is 14.5. The van der Waals surface area contributed by atoms with E-state index in [4.69, 9.17) is 5.73 Å². The first-order chi connectivity index (χ1) is 10.1. The summed E-state index contributed by atoms with van der Waals surface area (Å²) in [5.74, 6) is 0.501. The van der Waals surface area contributed by atoms with E-state index in [9.17, 15) is 4.39 Å². The lowest BCUT2D eigenvalue weighted by Gasteiger charge is -2.35. The predicted octanol–water partition coefficient (Wildman–Crippen LogP) is 3.97. The van der Waals surface area contributed by atoms with Gasteiger partial charge >= 0.3 is 0 Å². The number of nitrogen functional groups attached to an aromatic ring is 1. The molecule has 112 valence electrons. The van der Waals surface area contributed by atoms with Crippen molar-refractivity contribution >= 4 is 22.3 Å². The second kappa shape index (κ2) is 5.51. The first-order valence-corrected chi connectivity index (χ1v) is 7.63. The summed E-state index contributed by atoms with van der Waals surface area (Å²) < 4.78 is 14.5. The molecule has 1 heterocycles. The molecule has 0 spiro atoms. The Labute approximate surface area is 125 Å². The van der Waals surface area contributed by atoms with Crippen LogP contribution in [-0.4, -0.2) is 18.1 Å². The number of fused-ring (bicyclic) bond motifs is 1. The van der Waals surface area contributed by atoms with Crippen LogP contribution in [0.4, 0.5) is 15.8 Å². The zero-order valence-electron chi connectivity index (χ0n) is 12.6. The van der Waals surface area contributed by atoms with E-state index in [1.54, 1.807) is 6.20 Å². The predicted molar refractivity (Wildman–Crippen MR) is 85.9 cm³/mol. The molecule has 1 aliphatic carbocycles. The summed E-state index contributed by atoms with van der Waals surface area (Å²) in [4.78, 5) is 6.44. The van der Waals surface area contributed by atoms with Gasteiger partial charge in [0.1, 0.15) is 0 Å². The standard InChI is InChI=1S/C17H22FN3/c1-11-5-7-12(8-6-11)21(2)17-14(18)10-15(19)13-4-3-9-20-16(13)17/h3-4,9-12H,5-8,19H2,1-2H3. The molecule has 3 rings (SSSR count). The Bertz CT molecular complexity index is 648. The highest BCUT2D eigenvalue weighted by Crippen LogP contribution is 2.36. The maximum atomic E-state index is 14.5. The van der Waals surface area contributed by atoms with E-state index in [1.165, 1.54) is 18.9 Å². The zero-order chi connectivity index (χ0) is 15.0. The molecule has 0 atom stereocenters. The minimum absolute atomic E-state index is 0.278. The molecular weight excluding hydrogens is 265 g/mol. The van der Waals surface area contributed by atoms with Gasteiger partial charge in [0.05, 0.1) is 11.2 Å². The fourth-order valence-electron chi connectivity index (χ4n) is 3.37. The van der Waals surface area contributed by atoms with Gasteiger partial charge < -0.3 is 10.6 Å². The first-order valence-electron chi connectivity index (χ1n) is 7.63. The van der Waals surface area contributed by atoms with E-state index in [0.29, 0.717) is 22.9 Å². The summed E-state index contributed by atoms with van der Waals surface area (Å²) in [6.45, 7) is 2.29. The minimum Gasteiger partial charge on any atom is -0.398 e. The second-order valence-electron chi connectivity index (χ2n) is 6.22. The number of nitrogens with zero attached hydrogens (tertiary/aromatic N) is 2. The van der Waals surface area contributed by atoms with Gasteiger partial charge in [-0.1, -0.05) is 6.92 Å². The van der Waals surface area contributed by atoms with Crippen LogP contribution in [0.3, 0.4) is 0 Å². The summed E-state index contributed by atoms with van der Waals surface area (Å²) in [5, 5.41) is 0.824. The Morgan fingerprint density at radius 2 is 2.00 bits per heavy atom. The second-order valence-corrected chi connectivity index (χ2v) is 6.22. The summed E-state index contributed by atoms with van der Waals surface area (Å²) in [5.41, 5.74) is 7.62. The zero-order valence-corrected chi connectivity index (χ0v) is 12.6. The number of halogens is 1. The third kappa shape index (κ3) is 2.55. The molecule has 1 saturated carbocycles. The van der Waals surface area contributed by atoms with Gasteiger partial charge in [-0.05, 0) is 49.8 Å². The van der Waals surface area contributed by atoms with Crippen molar-refractivity contribution in [2.24, 2.45) is 5.92 Å². The van der Waals surface area contributed by atoms with Crippen molar-refractivity contribution in [2.45, 2.75) is 38.6 Å². The van der Waals surface area contributed by atoms with Crippen LogP contribution >= 0.6 is 0 Å². The molecule has 0 amide bonds. The molecule has 2 N–H and O–H groups in total. The number of rotatable bonds is 2. The summed E-state index contributed by atoms with van der Waals surface area (Å²) in [6.07, 6.45) is 6.32. The molecule has 3 nitrogen and oxygen atoms in total. The summed E-state index contributed by atoms with van der Waals surface area (Å²) in [6, 6.07) is 5.53. The lowest BCUT2D eigenvalue weighted by Crippen LogP contribution is -2.35. The van der Waals surface area contributed by atoms with E-state index < -0.39 is 0 Å². The lowest BCUT2D eigenvalue weighted by atomic mass is 9.86. The third-order valence-corrected chi connectivity index (χ3v) is 4.74. The molecule has 1 fully saturated rings. The van der Waals surface area contributed by atoms with E-state index in [2.05, 4.69) is 16.8 Å². The van der Waals surface area contributed by atoms with Crippen LogP contribution in [0.5, 0.6) is 0 Å². The van der Waals surface area contributed by atoms with Gasteiger partial charge in [0.15, 0.2) is 5.82 Å². The Morgan fingerprint density at radius 1 is 1.29 bits per heavy atom. The van der Waals surface area contributed by atoms with E-state index in [1.807, 2.05) is 19.2 Å². The molecule has 0 saturated heterocycles. The molecule has 2 aromatic rings. The molecule has 1 aromatic heterocycles. The minimum atomic E-state index is -0.278. The first kappa shape index (κ1) is 14.1. The molecule has 1 aromatic carbocycles.